The number of ether oxygens (including phenoxy) is 1. The van der Waals surface area contributed by atoms with Gasteiger partial charge in [0, 0.05) is 38.1 Å². The van der Waals surface area contributed by atoms with E-state index >= 15 is 0 Å². The summed E-state index contributed by atoms with van der Waals surface area (Å²) in [5.41, 5.74) is 3.16. The van der Waals surface area contributed by atoms with Crippen LogP contribution in [0.1, 0.15) is 16.8 Å². The number of halogens is 1. The van der Waals surface area contributed by atoms with Crippen LogP contribution in [0.15, 0.2) is 72.9 Å². The van der Waals surface area contributed by atoms with Gasteiger partial charge in [0.25, 0.3) is 0 Å². The van der Waals surface area contributed by atoms with Gasteiger partial charge in [0.1, 0.15) is 12.4 Å². The minimum Gasteiger partial charge on any atom is -0.389 e. The largest absolute Gasteiger partial charge is 0.389 e. The number of hydrogen-bond donors (Lipinski definition) is 1. The van der Waals surface area contributed by atoms with Gasteiger partial charge in [0.05, 0.1) is 12.7 Å². The van der Waals surface area contributed by atoms with E-state index in [9.17, 15) is 9.50 Å². The summed E-state index contributed by atoms with van der Waals surface area (Å²) in [6.07, 6.45) is 6.55. The summed E-state index contributed by atoms with van der Waals surface area (Å²) in [4.78, 5) is 2.18. The third-order valence-corrected chi connectivity index (χ3v) is 4.76. The fourth-order valence-corrected chi connectivity index (χ4v) is 3.44. The number of aliphatic hydroxyl groups is 1. The van der Waals surface area contributed by atoms with E-state index in [1.807, 2.05) is 36.5 Å². The molecule has 1 aromatic heterocycles. The lowest BCUT2D eigenvalue weighted by atomic mass is 10.2. The van der Waals surface area contributed by atoms with Crippen molar-refractivity contribution in [3.8, 4) is 12.3 Å². The van der Waals surface area contributed by atoms with Gasteiger partial charge < -0.3 is 14.4 Å². The van der Waals surface area contributed by atoms with E-state index in [4.69, 9.17) is 11.2 Å². The van der Waals surface area contributed by atoms with E-state index in [0.717, 1.165) is 16.8 Å². The van der Waals surface area contributed by atoms with Crippen LogP contribution in [0.4, 0.5) is 4.39 Å². The number of rotatable bonds is 11. The number of hydrogen-bond acceptors (Lipinski definition) is 3. The van der Waals surface area contributed by atoms with Crippen molar-refractivity contribution in [1.82, 2.24) is 9.47 Å². The summed E-state index contributed by atoms with van der Waals surface area (Å²) in [5.74, 6) is 2.18. The van der Waals surface area contributed by atoms with Crippen molar-refractivity contribution in [3.63, 3.8) is 0 Å². The third kappa shape index (κ3) is 6.85. The molecule has 0 aliphatic heterocycles. The van der Waals surface area contributed by atoms with Crippen LogP contribution in [-0.4, -0.2) is 40.4 Å². The van der Waals surface area contributed by atoms with Gasteiger partial charge in [0.15, 0.2) is 0 Å². The van der Waals surface area contributed by atoms with Gasteiger partial charge in [-0.2, -0.15) is 0 Å². The minimum absolute atomic E-state index is 0.187. The summed E-state index contributed by atoms with van der Waals surface area (Å²) in [6, 6.07) is 20.8. The monoisotopic (exact) mass is 406 g/mol. The summed E-state index contributed by atoms with van der Waals surface area (Å²) in [7, 11) is 0. The molecule has 1 heterocycles. The van der Waals surface area contributed by atoms with E-state index < -0.39 is 6.10 Å². The van der Waals surface area contributed by atoms with Crippen molar-refractivity contribution in [3.05, 3.63) is 95.6 Å². The lowest BCUT2D eigenvalue weighted by molar-refractivity contribution is 0.0239. The lowest BCUT2D eigenvalue weighted by Crippen LogP contribution is -2.35. The molecule has 1 N–H and O–H groups in total. The van der Waals surface area contributed by atoms with Crippen LogP contribution in [-0.2, 0) is 24.4 Å². The number of benzene rings is 2. The maximum absolute atomic E-state index is 13.6. The number of nitrogens with zero attached hydrogens (tertiary/aromatic N) is 2. The van der Waals surface area contributed by atoms with Gasteiger partial charge in [-0.3, -0.25) is 4.90 Å². The molecule has 1 atom stereocenters. The average molecular weight is 407 g/mol. The van der Waals surface area contributed by atoms with Gasteiger partial charge in [-0.1, -0.05) is 48.4 Å². The molecule has 0 aliphatic carbocycles. The second-order valence-corrected chi connectivity index (χ2v) is 7.29. The Bertz CT molecular complexity index is 949. The van der Waals surface area contributed by atoms with Crippen LogP contribution in [0.3, 0.4) is 0 Å². The summed E-state index contributed by atoms with van der Waals surface area (Å²) < 4.78 is 20.9. The van der Waals surface area contributed by atoms with Crippen LogP contribution in [0.5, 0.6) is 0 Å². The smallest absolute Gasteiger partial charge is 0.123 e. The predicted molar refractivity (Wildman–Crippen MR) is 116 cm³/mol. The van der Waals surface area contributed by atoms with E-state index in [0.29, 0.717) is 26.2 Å². The summed E-state index contributed by atoms with van der Waals surface area (Å²) >= 11 is 0. The molecule has 3 aromatic rings. The van der Waals surface area contributed by atoms with Crippen molar-refractivity contribution < 1.29 is 14.2 Å². The van der Waals surface area contributed by atoms with Gasteiger partial charge in [-0.25, -0.2) is 4.39 Å². The molecule has 0 fully saturated rings. The number of aromatic nitrogens is 1. The van der Waals surface area contributed by atoms with Crippen molar-refractivity contribution in [2.45, 2.75) is 25.7 Å². The van der Waals surface area contributed by atoms with E-state index in [2.05, 4.69) is 33.6 Å². The average Bonchev–Trinajstić information content (AvgIpc) is 3.15. The molecule has 2 aromatic carbocycles. The Kier molecular flexibility index (Phi) is 8.22. The van der Waals surface area contributed by atoms with Gasteiger partial charge in [-0.15, -0.1) is 6.42 Å². The van der Waals surface area contributed by atoms with Crippen molar-refractivity contribution >= 4 is 0 Å². The molecule has 0 aliphatic rings. The molecule has 0 radical (unpaired) electrons. The first kappa shape index (κ1) is 21.8. The first-order valence-electron chi connectivity index (χ1n) is 9.98. The highest BCUT2D eigenvalue weighted by Crippen LogP contribution is 2.14. The summed E-state index contributed by atoms with van der Waals surface area (Å²) in [6.45, 7) is 2.76. The first-order chi connectivity index (χ1) is 14.6. The molecule has 5 heteroatoms. The summed E-state index contributed by atoms with van der Waals surface area (Å²) in [5, 5.41) is 10.4. The molecule has 30 heavy (non-hydrogen) atoms. The number of terminal acetylenes is 1. The van der Waals surface area contributed by atoms with Gasteiger partial charge >= 0.3 is 0 Å². The topological polar surface area (TPSA) is 37.6 Å². The van der Waals surface area contributed by atoms with Gasteiger partial charge in [0.2, 0.25) is 0 Å². The molecule has 0 saturated carbocycles. The molecule has 0 saturated heterocycles. The van der Waals surface area contributed by atoms with Crippen molar-refractivity contribution in [2.24, 2.45) is 0 Å². The first-order valence-corrected chi connectivity index (χ1v) is 9.98. The quantitative estimate of drug-likeness (QED) is 0.390. The van der Waals surface area contributed by atoms with E-state index in [1.54, 1.807) is 12.1 Å². The zero-order valence-corrected chi connectivity index (χ0v) is 17.0. The molecule has 0 spiro atoms. The van der Waals surface area contributed by atoms with Crippen LogP contribution >= 0.6 is 0 Å². The maximum Gasteiger partial charge on any atom is 0.123 e. The Hall–Kier alpha value is -2.91. The van der Waals surface area contributed by atoms with Gasteiger partial charge in [-0.05, 0) is 35.4 Å². The Morgan fingerprint density at radius 1 is 1.03 bits per heavy atom. The molecule has 0 unspecified atom stereocenters. The van der Waals surface area contributed by atoms with E-state index in [1.165, 1.54) is 6.07 Å². The second-order valence-electron chi connectivity index (χ2n) is 7.29. The normalized spacial score (nSPS) is 12.1. The zero-order valence-electron chi connectivity index (χ0n) is 17.0. The van der Waals surface area contributed by atoms with Crippen LogP contribution < -0.4 is 0 Å². The Labute approximate surface area is 177 Å². The Balaban J connectivity index is 1.71. The highest BCUT2D eigenvalue weighted by atomic mass is 19.1. The SMILES string of the molecule is C#CCOC[C@H](O)CN(Cc1ccccc1)Cc1cccn1Cc1cccc(F)c1. The van der Waals surface area contributed by atoms with Crippen LogP contribution in [0.25, 0.3) is 0 Å². The second kappa shape index (κ2) is 11.3. The van der Waals surface area contributed by atoms with Crippen LogP contribution in [0, 0.1) is 18.2 Å². The molecular weight excluding hydrogens is 379 g/mol. The Morgan fingerprint density at radius 3 is 2.60 bits per heavy atom. The molecule has 0 bridgehead atoms. The standard InChI is InChI=1S/C25H27FN2O2/c1-2-14-30-20-25(29)19-27(16-21-8-4-3-5-9-21)18-24-12-7-13-28(24)17-22-10-6-11-23(26)15-22/h1,3-13,15,25,29H,14,16-20H2/t25-/m1/s1. The van der Waals surface area contributed by atoms with Crippen LogP contribution in [0.2, 0.25) is 0 Å². The maximum atomic E-state index is 13.6. The van der Waals surface area contributed by atoms with Crippen molar-refractivity contribution in [2.75, 3.05) is 19.8 Å². The molecule has 0 amide bonds. The predicted octanol–water partition coefficient (Wildman–Crippen LogP) is 3.69. The van der Waals surface area contributed by atoms with Crippen molar-refractivity contribution in [1.29, 1.82) is 0 Å². The number of aliphatic hydroxyl groups excluding tert-OH is 1. The minimum atomic E-state index is -0.645. The molecule has 4 nitrogen and oxygen atoms in total. The highest BCUT2D eigenvalue weighted by Gasteiger charge is 2.15. The highest BCUT2D eigenvalue weighted by molar-refractivity contribution is 5.19. The van der Waals surface area contributed by atoms with E-state index in [-0.39, 0.29) is 19.0 Å². The molecule has 156 valence electrons. The fourth-order valence-electron chi connectivity index (χ4n) is 3.44. The molecule has 3 rings (SSSR count). The molecular formula is C25H27FN2O2. The zero-order chi connectivity index (χ0) is 21.2. The lowest BCUT2D eigenvalue weighted by Gasteiger charge is -2.26. The Morgan fingerprint density at radius 2 is 1.83 bits per heavy atom. The third-order valence-electron chi connectivity index (χ3n) is 4.76. The fraction of sp³-hybridized carbons (Fsp3) is 0.280.